The maximum atomic E-state index is 14.3. The molecule has 0 aliphatic carbocycles. The molecular weight excluding hydrogens is 237 g/mol. The number of unbranched alkanes of at least 4 members (excludes halogenated alkanes) is 1. The zero-order valence-electron chi connectivity index (χ0n) is 10.8. The summed E-state index contributed by atoms with van der Waals surface area (Å²) in [5.41, 5.74) is 6.52. The number of nitrogens with two attached hydrogens (primary N) is 1. The second-order valence-corrected chi connectivity index (χ2v) is 5.80. The molecule has 0 aromatic heterocycles. The molecule has 1 nitrogen and oxygen atoms in total. The molecule has 3 heteroatoms. The van der Waals surface area contributed by atoms with E-state index >= 15 is 0 Å². The van der Waals surface area contributed by atoms with E-state index in [2.05, 4.69) is 0 Å². The summed E-state index contributed by atoms with van der Waals surface area (Å²) in [4.78, 5) is 0. The molecule has 0 heterocycles. The first-order valence-electron chi connectivity index (χ1n) is 6.05. The third kappa shape index (κ3) is 3.68. The van der Waals surface area contributed by atoms with Crippen LogP contribution in [-0.4, -0.2) is 6.54 Å². The van der Waals surface area contributed by atoms with Crippen LogP contribution in [0.3, 0.4) is 0 Å². The minimum atomic E-state index is -0.273. The summed E-state index contributed by atoms with van der Waals surface area (Å²) in [6, 6.07) is 3.58. The molecule has 0 radical (unpaired) electrons. The molecule has 0 aliphatic heterocycles. The van der Waals surface area contributed by atoms with Crippen molar-refractivity contribution in [2.45, 2.75) is 45.4 Å². The topological polar surface area (TPSA) is 26.0 Å². The van der Waals surface area contributed by atoms with Crippen molar-refractivity contribution in [1.82, 2.24) is 0 Å². The number of aryl methyl sites for hydroxylation is 1. The van der Waals surface area contributed by atoms with E-state index in [0.29, 0.717) is 17.1 Å². The van der Waals surface area contributed by atoms with Gasteiger partial charge in [0.1, 0.15) is 5.82 Å². The number of hydrogen-bond donors (Lipinski definition) is 1. The van der Waals surface area contributed by atoms with Crippen molar-refractivity contribution in [3.8, 4) is 0 Å². The molecule has 0 amide bonds. The third-order valence-electron chi connectivity index (χ3n) is 2.82. The fraction of sp³-hybridized carbons (Fsp3) is 0.571. The summed E-state index contributed by atoms with van der Waals surface area (Å²) >= 11 is 6.09. The number of rotatable bonds is 4. The van der Waals surface area contributed by atoms with E-state index in [-0.39, 0.29) is 11.2 Å². The van der Waals surface area contributed by atoms with Crippen LogP contribution in [0.2, 0.25) is 5.02 Å². The Morgan fingerprint density at radius 2 is 1.88 bits per heavy atom. The van der Waals surface area contributed by atoms with Crippen LogP contribution < -0.4 is 5.73 Å². The predicted molar refractivity (Wildman–Crippen MR) is 72.1 cm³/mol. The predicted octanol–water partition coefficient (Wildman–Crippen LogP) is 4.06. The fourth-order valence-electron chi connectivity index (χ4n) is 1.94. The second kappa shape index (κ2) is 5.83. The van der Waals surface area contributed by atoms with E-state index in [1.54, 1.807) is 12.1 Å². The van der Waals surface area contributed by atoms with E-state index < -0.39 is 0 Å². The summed E-state index contributed by atoms with van der Waals surface area (Å²) in [6.07, 6.45) is 2.56. The van der Waals surface area contributed by atoms with Gasteiger partial charge in [-0.15, -0.1) is 0 Å². The highest BCUT2D eigenvalue weighted by molar-refractivity contribution is 6.31. The van der Waals surface area contributed by atoms with Crippen molar-refractivity contribution in [1.29, 1.82) is 0 Å². The first-order valence-corrected chi connectivity index (χ1v) is 6.43. The van der Waals surface area contributed by atoms with Crippen molar-refractivity contribution in [3.05, 3.63) is 34.1 Å². The SMILES string of the molecule is CC(C)(C)c1c(Cl)ccc(CCCCN)c1F. The third-order valence-corrected chi connectivity index (χ3v) is 3.14. The van der Waals surface area contributed by atoms with Crippen LogP contribution in [0.1, 0.15) is 44.7 Å². The maximum Gasteiger partial charge on any atom is 0.131 e. The molecule has 17 heavy (non-hydrogen) atoms. The van der Waals surface area contributed by atoms with Crippen LogP contribution in [0.25, 0.3) is 0 Å². The first kappa shape index (κ1) is 14.5. The van der Waals surface area contributed by atoms with E-state index in [1.807, 2.05) is 20.8 Å². The Balaban J connectivity index is 3.02. The molecule has 1 rings (SSSR count). The lowest BCUT2D eigenvalue weighted by Gasteiger charge is -2.22. The average Bonchev–Trinajstić information content (AvgIpc) is 2.19. The Hall–Kier alpha value is -0.600. The Labute approximate surface area is 108 Å². The molecular formula is C14H21ClFN. The summed E-state index contributed by atoms with van der Waals surface area (Å²) in [6.45, 7) is 6.57. The van der Waals surface area contributed by atoms with E-state index in [9.17, 15) is 4.39 Å². The number of hydrogen-bond acceptors (Lipinski definition) is 1. The van der Waals surface area contributed by atoms with Crippen LogP contribution in [-0.2, 0) is 11.8 Å². The molecule has 0 unspecified atom stereocenters. The van der Waals surface area contributed by atoms with E-state index in [0.717, 1.165) is 24.8 Å². The van der Waals surface area contributed by atoms with Gasteiger partial charge in [-0.05, 0) is 42.9 Å². The van der Waals surface area contributed by atoms with Crippen LogP contribution in [0.15, 0.2) is 12.1 Å². The zero-order chi connectivity index (χ0) is 13.1. The van der Waals surface area contributed by atoms with Crippen molar-refractivity contribution in [2.75, 3.05) is 6.54 Å². The molecule has 0 saturated heterocycles. The Bertz CT molecular complexity index is 383. The van der Waals surface area contributed by atoms with Gasteiger partial charge < -0.3 is 5.73 Å². The first-order chi connectivity index (χ1) is 7.88. The highest BCUT2D eigenvalue weighted by Gasteiger charge is 2.23. The molecule has 1 aromatic carbocycles. The van der Waals surface area contributed by atoms with Gasteiger partial charge in [0, 0.05) is 10.6 Å². The Kier molecular flexibility index (Phi) is 4.96. The van der Waals surface area contributed by atoms with Gasteiger partial charge in [0.25, 0.3) is 0 Å². The van der Waals surface area contributed by atoms with Gasteiger partial charge in [-0.3, -0.25) is 0 Å². The van der Waals surface area contributed by atoms with E-state index in [1.165, 1.54) is 0 Å². The highest BCUT2D eigenvalue weighted by atomic mass is 35.5. The molecule has 0 atom stereocenters. The maximum absolute atomic E-state index is 14.3. The lowest BCUT2D eigenvalue weighted by atomic mass is 9.85. The van der Waals surface area contributed by atoms with Gasteiger partial charge in [-0.25, -0.2) is 4.39 Å². The average molecular weight is 258 g/mol. The summed E-state index contributed by atoms with van der Waals surface area (Å²) in [7, 11) is 0. The van der Waals surface area contributed by atoms with Gasteiger partial charge in [0.2, 0.25) is 0 Å². The summed E-state index contributed by atoms with van der Waals surface area (Å²) in [5, 5.41) is 0.512. The van der Waals surface area contributed by atoms with Gasteiger partial charge in [0.15, 0.2) is 0 Å². The smallest absolute Gasteiger partial charge is 0.131 e. The Morgan fingerprint density at radius 1 is 1.24 bits per heavy atom. The lowest BCUT2D eigenvalue weighted by Crippen LogP contribution is -2.16. The van der Waals surface area contributed by atoms with Crippen molar-refractivity contribution >= 4 is 11.6 Å². The zero-order valence-corrected chi connectivity index (χ0v) is 11.6. The van der Waals surface area contributed by atoms with Crippen molar-refractivity contribution in [2.24, 2.45) is 5.73 Å². The van der Waals surface area contributed by atoms with Crippen molar-refractivity contribution in [3.63, 3.8) is 0 Å². The molecule has 0 aliphatic rings. The van der Waals surface area contributed by atoms with E-state index in [4.69, 9.17) is 17.3 Å². The molecule has 2 N–H and O–H groups in total. The Morgan fingerprint density at radius 3 is 2.41 bits per heavy atom. The highest BCUT2D eigenvalue weighted by Crippen LogP contribution is 2.33. The molecule has 0 fully saturated rings. The monoisotopic (exact) mass is 257 g/mol. The number of halogens is 2. The number of benzene rings is 1. The minimum Gasteiger partial charge on any atom is -0.330 e. The van der Waals surface area contributed by atoms with Gasteiger partial charge in [-0.1, -0.05) is 38.4 Å². The standard InChI is InChI=1S/C14H21ClFN/c1-14(2,3)12-11(15)8-7-10(13(12)16)6-4-5-9-17/h7-8H,4-6,9,17H2,1-3H3. The van der Waals surface area contributed by atoms with Gasteiger partial charge >= 0.3 is 0 Å². The molecule has 0 bridgehead atoms. The van der Waals surface area contributed by atoms with Crippen LogP contribution in [0.4, 0.5) is 4.39 Å². The molecule has 1 aromatic rings. The van der Waals surface area contributed by atoms with Crippen molar-refractivity contribution < 1.29 is 4.39 Å². The summed E-state index contributed by atoms with van der Waals surface area (Å²) in [5.74, 6) is -0.151. The van der Waals surface area contributed by atoms with Gasteiger partial charge in [0.05, 0.1) is 0 Å². The van der Waals surface area contributed by atoms with Crippen LogP contribution in [0.5, 0.6) is 0 Å². The van der Waals surface area contributed by atoms with Gasteiger partial charge in [-0.2, -0.15) is 0 Å². The fourth-order valence-corrected chi connectivity index (χ4v) is 2.37. The van der Waals surface area contributed by atoms with Crippen LogP contribution in [0, 0.1) is 5.82 Å². The molecule has 96 valence electrons. The second-order valence-electron chi connectivity index (χ2n) is 5.39. The minimum absolute atomic E-state index is 0.151. The molecule has 0 saturated carbocycles. The normalized spacial score (nSPS) is 11.9. The quantitative estimate of drug-likeness (QED) is 0.809. The molecule has 0 spiro atoms. The largest absolute Gasteiger partial charge is 0.330 e. The summed E-state index contributed by atoms with van der Waals surface area (Å²) < 4.78 is 14.3. The lowest BCUT2D eigenvalue weighted by molar-refractivity contribution is 0.513. The van der Waals surface area contributed by atoms with Crippen LogP contribution >= 0.6 is 11.6 Å².